The number of anilines is 1. The van der Waals surface area contributed by atoms with E-state index in [-0.39, 0.29) is 24.2 Å². The zero-order valence-electron chi connectivity index (χ0n) is 13.0. The second kappa shape index (κ2) is 6.95. The van der Waals surface area contributed by atoms with Crippen LogP contribution in [0, 0.1) is 5.82 Å². The average Bonchev–Trinajstić information content (AvgIpc) is 2.56. The minimum absolute atomic E-state index is 0.0146. The van der Waals surface area contributed by atoms with E-state index in [0.29, 0.717) is 51.5 Å². The highest BCUT2D eigenvalue weighted by atomic mass is 19.1. The standard InChI is InChI=1S/C16H21FN4O2/c17-13-3-1-2-4-14(13)20-9-7-19(8-10-20)12-16(23)21-6-5-18-15(22)11-21/h1-4H,5-12H2,(H,18,22). The number of carbonyl (C=O) groups is 2. The zero-order valence-corrected chi connectivity index (χ0v) is 13.0. The maximum absolute atomic E-state index is 13.8. The lowest BCUT2D eigenvalue weighted by Gasteiger charge is -2.37. The Labute approximate surface area is 134 Å². The van der Waals surface area contributed by atoms with E-state index in [1.54, 1.807) is 17.0 Å². The van der Waals surface area contributed by atoms with Crippen LogP contribution in [0.15, 0.2) is 24.3 Å². The van der Waals surface area contributed by atoms with Crippen LogP contribution in [0.1, 0.15) is 0 Å². The summed E-state index contributed by atoms with van der Waals surface area (Å²) in [4.78, 5) is 29.3. The summed E-state index contributed by atoms with van der Waals surface area (Å²) < 4.78 is 13.8. The predicted molar refractivity (Wildman–Crippen MR) is 84.6 cm³/mol. The predicted octanol–water partition coefficient (Wildman–Crippen LogP) is -0.0939. The van der Waals surface area contributed by atoms with Crippen molar-refractivity contribution in [2.75, 3.05) is 57.3 Å². The van der Waals surface area contributed by atoms with Gasteiger partial charge in [0, 0.05) is 39.3 Å². The Balaban J connectivity index is 1.50. The molecule has 7 heteroatoms. The van der Waals surface area contributed by atoms with Crippen molar-refractivity contribution in [3.05, 3.63) is 30.1 Å². The maximum atomic E-state index is 13.8. The molecule has 6 nitrogen and oxygen atoms in total. The van der Waals surface area contributed by atoms with Gasteiger partial charge in [-0.1, -0.05) is 12.1 Å². The Bertz CT molecular complexity index is 587. The molecule has 0 saturated carbocycles. The first-order chi connectivity index (χ1) is 11.1. The van der Waals surface area contributed by atoms with Crippen LogP contribution < -0.4 is 10.2 Å². The van der Waals surface area contributed by atoms with Crippen LogP contribution in [0.4, 0.5) is 10.1 Å². The smallest absolute Gasteiger partial charge is 0.239 e. The van der Waals surface area contributed by atoms with Crippen LogP contribution in [0.5, 0.6) is 0 Å². The summed E-state index contributed by atoms with van der Waals surface area (Å²) in [6.45, 7) is 4.35. The van der Waals surface area contributed by atoms with Crippen molar-refractivity contribution in [1.82, 2.24) is 15.1 Å². The number of rotatable bonds is 3. The second-order valence-electron chi connectivity index (χ2n) is 5.88. The molecule has 2 aliphatic rings. The lowest BCUT2D eigenvalue weighted by molar-refractivity contribution is -0.139. The summed E-state index contributed by atoms with van der Waals surface area (Å²) in [5.74, 6) is -0.329. The molecular formula is C16H21FN4O2. The fourth-order valence-electron chi connectivity index (χ4n) is 3.00. The van der Waals surface area contributed by atoms with E-state index in [0.717, 1.165) is 0 Å². The van der Waals surface area contributed by atoms with Crippen LogP contribution in [0.3, 0.4) is 0 Å². The van der Waals surface area contributed by atoms with E-state index in [1.807, 2.05) is 11.0 Å². The number of amides is 2. The van der Waals surface area contributed by atoms with Crippen molar-refractivity contribution in [3.8, 4) is 0 Å². The Morgan fingerprint density at radius 3 is 2.57 bits per heavy atom. The van der Waals surface area contributed by atoms with Gasteiger partial charge in [0.2, 0.25) is 11.8 Å². The normalized spacial score (nSPS) is 19.6. The van der Waals surface area contributed by atoms with Gasteiger partial charge >= 0.3 is 0 Å². The van der Waals surface area contributed by atoms with Crippen LogP contribution in [-0.4, -0.2) is 74.0 Å². The van der Waals surface area contributed by atoms with Gasteiger partial charge in [-0.15, -0.1) is 0 Å². The molecule has 1 N–H and O–H groups in total. The van der Waals surface area contributed by atoms with Crippen molar-refractivity contribution < 1.29 is 14.0 Å². The van der Waals surface area contributed by atoms with E-state index < -0.39 is 0 Å². The monoisotopic (exact) mass is 320 g/mol. The number of benzene rings is 1. The number of piperazine rings is 2. The molecule has 2 amide bonds. The third kappa shape index (κ3) is 3.79. The summed E-state index contributed by atoms with van der Waals surface area (Å²) in [5.41, 5.74) is 0.617. The number of nitrogens with zero attached hydrogens (tertiary/aromatic N) is 3. The highest BCUT2D eigenvalue weighted by Crippen LogP contribution is 2.20. The highest BCUT2D eigenvalue weighted by Gasteiger charge is 2.25. The van der Waals surface area contributed by atoms with Gasteiger partial charge in [0.05, 0.1) is 18.8 Å². The average molecular weight is 320 g/mol. The molecule has 2 aliphatic heterocycles. The van der Waals surface area contributed by atoms with Crippen molar-refractivity contribution in [2.24, 2.45) is 0 Å². The summed E-state index contributed by atoms with van der Waals surface area (Å²) in [6, 6.07) is 6.76. The SMILES string of the molecule is O=C1CN(C(=O)CN2CCN(c3ccccc3F)CC2)CCN1. The van der Waals surface area contributed by atoms with Crippen molar-refractivity contribution >= 4 is 17.5 Å². The molecule has 1 aromatic rings. The third-order valence-corrected chi connectivity index (χ3v) is 4.32. The van der Waals surface area contributed by atoms with Crippen LogP contribution in [0.2, 0.25) is 0 Å². The first kappa shape index (κ1) is 15.7. The number of para-hydroxylation sites is 1. The Morgan fingerprint density at radius 2 is 1.87 bits per heavy atom. The number of hydrogen-bond donors (Lipinski definition) is 1. The van der Waals surface area contributed by atoms with Crippen LogP contribution >= 0.6 is 0 Å². The molecule has 2 heterocycles. The molecule has 1 aromatic carbocycles. The molecule has 0 radical (unpaired) electrons. The minimum atomic E-state index is -0.212. The van der Waals surface area contributed by atoms with E-state index >= 15 is 0 Å². The molecule has 2 fully saturated rings. The van der Waals surface area contributed by atoms with Gasteiger partial charge in [0.1, 0.15) is 5.82 Å². The third-order valence-electron chi connectivity index (χ3n) is 4.32. The van der Waals surface area contributed by atoms with Gasteiger partial charge in [0.25, 0.3) is 0 Å². The summed E-state index contributed by atoms with van der Waals surface area (Å²) in [7, 11) is 0. The molecular weight excluding hydrogens is 299 g/mol. The molecule has 124 valence electrons. The molecule has 2 saturated heterocycles. The fraction of sp³-hybridized carbons (Fsp3) is 0.500. The van der Waals surface area contributed by atoms with Gasteiger partial charge in [0.15, 0.2) is 0 Å². The number of halogens is 1. The van der Waals surface area contributed by atoms with Gasteiger partial charge in [-0.3, -0.25) is 14.5 Å². The largest absolute Gasteiger partial charge is 0.367 e. The number of hydrogen-bond acceptors (Lipinski definition) is 4. The summed E-state index contributed by atoms with van der Waals surface area (Å²) >= 11 is 0. The lowest BCUT2D eigenvalue weighted by Crippen LogP contribution is -2.54. The zero-order chi connectivity index (χ0) is 16.2. The first-order valence-electron chi connectivity index (χ1n) is 7.90. The molecule has 0 atom stereocenters. The highest BCUT2D eigenvalue weighted by molar-refractivity contribution is 5.86. The van der Waals surface area contributed by atoms with Gasteiger partial charge in [-0.2, -0.15) is 0 Å². The molecule has 3 rings (SSSR count). The minimum Gasteiger partial charge on any atom is -0.367 e. The van der Waals surface area contributed by atoms with Crippen LogP contribution in [-0.2, 0) is 9.59 Å². The summed E-state index contributed by atoms with van der Waals surface area (Å²) in [5, 5.41) is 2.71. The molecule has 0 spiro atoms. The number of nitrogens with one attached hydrogen (secondary N) is 1. The molecule has 0 unspecified atom stereocenters. The van der Waals surface area contributed by atoms with E-state index in [1.165, 1.54) is 6.07 Å². The van der Waals surface area contributed by atoms with E-state index in [2.05, 4.69) is 10.2 Å². The van der Waals surface area contributed by atoms with Crippen molar-refractivity contribution in [2.45, 2.75) is 0 Å². The van der Waals surface area contributed by atoms with Gasteiger partial charge in [-0.05, 0) is 12.1 Å². The summed E-state index contributed by atoms with van der Waals surface area (Å²) in [6.07, 6.45) is 0. The van der Waals surface area contributed by atoms with Crippen LogP contribution in [0.25, 0.3) is 0 Å². The van der Waals surface area contributed by atoms with Crippen molar-refractivity contribution in [1.29, 1.82) is 0 Å². The van der Waals surface area contributed by atoms with E-state index in [9.17, 15) is 14.0 Å². The van der Waals surface area contributed by atoms with Crippen molar-refractivity contribution in [3.63, 3.8) is 0 Å². The fourth-order valence-corrected chi connectivity index (χ4v) is 3.00. The second-order valence-corrected chi connectivity index (χ2v) is 5.88. The number of carbonyl (C=O) groups excluding carboxylic acids is 2. The molecule has 0 bridgehead atoms. The molecule has 0 aromatic heterocycles. The first-order valence-corrected chi connectivity index (χ1v) is 7.90. The molecule has 0 aliphatic carbocycles. The quantitative estimate of drug-likeness (QED) is 0.845. The Morgan fingerprint density at radius 1 is 1.13 bits per heavy atom. The molecule has 23 heavy (non-hydrogen) atoms. The van der Waals surface area contributed by atoms with Gasteiger partial charge in [-0.25, -0.2) is 4.39 Å². The van der Waals surface area contributed by atoms with Gasteiger partial charge < -0.3 is 15.1 Å². The maximum Gasteiger partial charge on any atom is 0.239 e. The Kier molecular flexibility index (Phi) is 4.76. The topological polar surface area (TPSA) is 55.9 Å². The Hall–Kier alpha value is -2.15. The van der Waals surface area contributed by atoms with E-state index in [4.69, 9.17) is 0 Å². The lowest BCUT2D eigenvalue weighted by atomic mass is 10.2.